The number of carbonyl (C=O) groups is 1. The summed E-state index contributed by atoms with van der Waals surface area (Å²) in [6.07, 6.45) is 5.88. The van der Waals surface area contributed by atoms with Crippen molar-refractivity contribution in [2.24, 2.45) is 17.5 Å². The lowest BCUT2D eigenvalue weighted by Crippen LogP contribution is -2.34. The lowest BCUT2D eigenvalue weighted by Gasteiger charge is -2.31. The van der Waals surface area contributed by atoms with E-state index in [2.05, 4.69) is 20.3 Å². The maximum absolute atomic E-state index is 10.9. The first kappa shape index (κ1) is 13.7. The minimum absolute atomic E-state index is 0.200. The number of nitrogens with two attached hydrogens (primary N) is 2. The molecule has 2 rings (SSSR count). The summed E-state index contributed by atoms with van der Waals surface area (Å²) in [5.74, 6) is 6.03. The molecule has 0 spiro atoms. The average molecular weight is 264 g/mol. The number of hydrazine groups is 1. The highest BCUT2D eigenvalue weighted by Gasteiger charge is 2.20. The minimum Gasteiger partial charge on any atom is -0.370 e. The van der Waals surface area contributed by atoms with Gasteiger partial charge in [-0.25, -0.2) is 10.8 Å². The molecule has 0 aromatic carbocycles. The van der Waals surface area contributed by atoms with Crippen LogP contribution in [0.15, 0.2) is 12.4 Å². The Morgan fingerprint density at radius 2 is 2.11 bits per heavy atom. The van der Waals surface area contributed by atoms with Crippen molar-refractivity contribution in [2.45, 2.75) is 25.8 Å². The van der Waals surface area contributed by atoms with Gasteiger partial charge < -0.3 is 11.2 Å². The number of aromatic nitrogens is 2. The first-order chi connectivity index (χ1) is 9.17. The van der Waals surface area contributed by atoms with Crippen molar-refractivity contribution in [1.29, 1.82) is 0 Å². The predicted molar refractivity (Wildman–Crippen MR) is 71.7 cm³/mol. The Morgan fingerprint density at radius 1 is 1.37 bits per heavy atom. The number of rotatable bonds is 5. The number of hydrogen-bond donors (Lipinski definition) is 3. The van der Waals surface area contributed by atoms with E-state index in [1.807, 2.05) is 0 Å². The van der Waals surface area contributed by atoms with Crippen LogP contribution >= 0.6 is 0 Å². The lowest BCUT2D eigenvalue weighted by atomic mass is 9.93. The Balaban J connectivity index is 1.80. The van der Waals surface area contributed by atoms with Gasteiger partial charge in [-0.3, -0.25) is 14.7 Å². The molecule has 1 saturated heterocycles. The number of piperidine rings is 1. The molecule has 1 amide bonds. The van der Waals surface area contributed by atoms with Crippen LogP contribution in [0.5, 0.6) is 0 Å². The van der Waals surface area contributed by atoms with E-state index >= 15 is 0 Å². The second-order valence-corrected chi connectivity index (χ2v) is 4.93. The molecule has 5 N–H and O–H groups in total. The molecule has 1 aliphatic heterocycles. The quantitative estimate of drug-likeness (QED) is 0.504. The molecule has 0 saturated carbocycles. The van der Waals surface area contributed by atoms with Gasteiger partial charge in [0, 0.05) is 13.0 Å². The van der Waals surface area contributed by atoms with Crippen LogP contribution in [0.2, 0.25) is 0 Å². The number of anilines is 1. The van der Waals surface area contributed by atoms with E-state index in [0.29, 0.717) is 18.2 Å². The molecular weight excluding hydrogens is 244 g/mol. The molecule has 7 heteroatoms. The van der Waals surface area contributed by atoms with Crippen LogP contribution in [-0.2, 0) is 11.3 Å². The summed E-state index contributed by atoms with van der Waals surface area (Å²) in [7, 11) is 0. The fraction of sp³-hybridized carbons (Fsp3) is 0.583. The number of nitrogens with zero attached hydrogens (tertiary/aromatic N) is 3. The number of hydrogen-bond acceptors (Lipinski definition) is 6. The van der Waals surface area contributed by atoms with Crippen molar-refractivity contribution in [2.75, 3.05) is 18.5 Å². The van der Waals surface area contributed by atoms with E-state index in [0.717, 1.165) is 38.2 Å². The zero-order valence-electron chi connectivity index (χ0n) is 10.9. The van der Waals surface area contributed by atoms with E-state index in [4.69, 9.17) is 11.6 Å². The fourth-order valence-electron chi connectivity index (χ4n) is 2.37. The van der Waals surface area contributed by atoms with Gasteiger partial charge in [-0.2, -0.15) is 0 Å². The lowest BCUT2D eigenvalue weighted by molar-refractivity contribution is -0.119. The van der Waals surface area contributed by atoms with Crippen molar-refractivity contribution in [3.05, 3.63) is 18.1 Å². The smallest absolute Gasteiger partial charge is 0.217 e. The van der Waals surface area contributed by atoms with Crippen molar-refractivity contribution < 1.29 is 4.79 Å². The molecule has 19 heavy (non-hydrogen) atoms. The summed E-state index contributed by atoms with van der Waals surface area (Å²) in [4.78, 5) is 21.6. The third-order valence-electron chi connectivity index (χ3n) is 3.44. The maximum Gasteiger partial charge on any atom is 0.217 e. The normalized spacial score (nSPS) is 17.3. The van der Waals surface area contributed by atoms with E-state index in [9.17, 15) is 4.79 Å². The highest BCUT2D eigenvalue weighted by molar-refractivity contribution is 5.73. The fourth-order valence-corrected chi connectivity index (χ4v) is 2.37. The molecule has 1 fully saturated rings. The standard InChI is InChI=1S/C12H20N6O/c13-11(19)5-9-1-3-18(4-2-9)8-10-6-16-12(17-14)7-15-10/h6-7,9H,1-5,8,14H2,(H2,13,19)(H,16,17). The van der Waals surface area contributed by atoms with Gasteiger partial charge in [0.1, 0.15) is 0 Å². The Labute approximate surface area is 112 Å². The van der Waals surface area contributed by atoms with Crippen molar-refractivity contribution >= 4 is 11.7 Å². The van der Waals surface area contributed by atoms with E-state index in [-0.39, 0.29) is 5.91 Å². The molecule has 7 nitrogen and oxygen atoms in total. The van der Waals surface area contributed by atoms with Crippen LogP contribution in [0.25, 0.3) is 0 Å². The Morgan fingerprint density at radius 3 is 2.63 bits per heavy atom. The second kappa shape index (κ2) is 6.44. The summed E-state index contributed by atoms with van der Waals surface area (Å²) in [5, 5.41) is 0. The van der Waals surface area contributed by atoms with Gasteiger partial charge in [0.15, 0.2) is 5.82 Å². The third-order valence-corrected chi connectivity index (χ3v) is 3.44. The number of nitrogens with one attached hydrogen (secondary N) is 1. The third kappa shape index (κ3) is 4.15. The zero-order valence-corrected chi connectivity index (χ0v) is 10.9. The number of primary amides is 1. The molecule has 0 atom stereocenters. The number of nitrogen functional groups attached to an aromatic ring is 1. The molecule has 1 aliphatic rings. The van der Waals surface area contributed by atoms with Crippen LogP contribution in [-0.4, -0.2) is 33.9 Å². The van der Waals surface area contributed by atoms with Crippen molar-refractivity contribution in [3.8, 4) is 0 Å². The van der Waals surface area contributed by atoms with E-state index in [1.165, 1.54) is 0 Å². The molecule has 0 radical (unpaired) electrons. The molecule has 104 valence electrons. The molecule has 2 heterocycles. The summed E-state index contributed by atoms with van der Waals surface area (Å²) in [5.41, 5.74) is 8.60. The van der Waals surface area contributed by atoms with Gasteiger partial charge in [0.05, 0.1) is 18.1 Å². The summed E-state index contributed by atoms with van der Waals surface area (Å²) >= 11 is 0. The summed E-state index contributed by atoms with van der Waals surface area (Å²) in [6.45, 7) is 2.72. The Hall–Kier alpha value is -1.73. The molecular formula is C12H20N6O. The van der Waals surface area contributed by atoms with Crippen LogP contribution in [0, 0.1) is 5.92 Å². The van der Waals surface area contributed by atoms with Gasteiger partial charge >= 0.3 is 0 Å². The number of amides is 1. The molecule has 1 aromatic rings. The first-order valence-electron chi connectivity index (χ1n) is 6.45. The molecule has 0 unspecified atom stereocenters. The molecule has 1 aromatic heterocycles. The van der Waals surface area contributed by atoms with Gasteiger partial charge in [0.25, 0.3) is 0 Å². The van der Waals surface area contributed by atoms with Gasteiger partial charge in [-0.05, 0) is 31.8 Å². The molecule has 0 bridgehead atoms. The second-order valence-electron chi connectivity index (χ2n) is 4.93. The largest absolute Gasteiger partial charge is 0.370 e. The SMILES string of the molecule is NNc1cnc(CN2CCC(CC(N)=O)CC2)cn1. The Bertz CT molecular complexity index is 413. The highest BCUT2D eigenvalue weighted by atomic mass is 16.1. The summed E-state index contributed by atoms with van der Waals surface area (Å²) < 4.78 is 0. The van der Waals surface area contributed by atoms with E-state index in [1.54, 1.807) is 12.4 Å². The van der Waals surface area contributed by atoms with Crippen molar-refractivity contribution in [1.82, 2.24) is 14.9 Å². The first-order valence-corrected chi connectivity index (χ1v) is 6.45. The summed E-state index contributed by atoms with van der Waals surface area (Å²) in [6, 6.07) is 0. The number of likely N-dealkylation sites (tertiary alicyclic amines) is 1. The van der Waals surface area contributed by atoms with Crippen molar-refractivity contribution in [3.63, 3.8) is 0 Å². The van der Waals surface area contributed by atoms with Crippen LogP contribution in [0.3, 0.4) is 0 Å². The van der Waals surface area contributed by atoms with Crippen LogP contribution < -0.4 is 17.0 Å². The van der Waals surface area contributed by atoms with Gasteiger partial charge in [-0.1, -0.05) is 0 Å². The van der Waals surface area contributed by atoms with Crippen LogP contribution in [0.1, 0.15) is 25.0 Å². The highest BCUT2D eigenvalue weighted by Crippen LogP contribution is 2.21. The average Bonchev–Trinajstić information content (AvgIpc) is 2.41. The van der Waals surface area contributed by atoms with Gasteiger partial charge in [-0.15, -0.1) is 0 Å². The Kier molecular flexibility index (Phi) is 4.64. The maximum atomic E-state index is 10.9. The predicted octanol–water partition coefficient (Wildman–Crippen LogP) is -0.150. The number of carbonyl (C=O) groups excluding carboxylic acids is 1. The zero-order chi connectivity index (χ0) is 13.7. The topological polar surface area (TPSA) is 110 Å². The van der Waals surface area contributed by atoms with Crippen LogP contribution in [0.4, 0.5) is 5.82 Å². The molecule has 0 aliphatic carbocycles. The van der Waals surface area contributed by atoms with Gasteiger partial charge in [0.2, 0.25) is 5.91 Å². The monoisotopic (exact) mass is 264 g/mol. The minimum atomic E-state index is -0.200. The van der Waals surface area contributed by atoms with E-state index < -0.39 is 0 Å².